The lowest BCUT2D eigenvalue weighted by Crippen LogP contribution is -2.18. The third-order valence-electron chi connectivity index (χ3n) is 3.46. The summed E-state index contributed by atoms with van der Waals surface area (Å²) in [4.78, 5) is 0. The third-order valence-corrected chi connectivity index (χ3v) is 4.15. The number of ether oxygens (including phenoxy) is 2. The van der Waals surface area contributed by atoms with Crippen molar-refractivity contribution in [1.82, 2.24) is 5.32 Å². The highest BCUT2D eigenvalue weighted by atomic mass is 79.9. The van der Waals surface area contributed by atoms with Gasteiger partial charge in [-0.1, -0.05) is 28.9 Å². The molecule has 0 aliphatic carbocycles. The standard InChI is InChI=1S/C15H22BrNO2/c1-3-17-11(2)14-5-4-13(8-15(14)16)19-10-12-6-7-18-9-12/h4-5,8,11-12,17H,3,6-7,9-10H2,1-2H3. The predicted molar refractivity (Wildman–Crippen MR) is 80.7 cm³/mol. The fourth-order valence-electron chi connectivity index (χ4n) is 2.29. The first-order chi connectivity index (χ1) is 9.20. The van der Waals surface area contributed by atoms with Crippen LogP contribution in [-0.4, -0.2) is 26.4 Å². The summed E-state index contributed by atoms with van der Waals surface area (Å²) in [5.74, 6) is 1.46. The van der Waals surface area contributed by atoms with Gasteiger partial charge in [0.2, 0.25) is 0 Å². The zero-order chi connectivity index (χ0) is 13.7. The fourth-order valence-corrected chi connectivity index (χ4v) is 2.99. The Morgan fingerprint density at radius 2 is 2.37 bits per heavy atom. The molecule has 0 saturated carbocycles. The Labute approximate surface area is 123 Å². The zero-order valence-electron chi connectivity index (χ0n) is 11.6. The summed E-state index contributed by atoms with van der Waals surface area (Å²) in [6, 6.07) is 6.57. The molecule has 0 radical (unpaired) electrons. The molecule has 4 heteroatoms. The topological polar surface area (TPSA) is 30.5 Å². The van der Waals surface area contributed by atoms with Crippen molar-refractivity contribution in [2.24, 2.45) is 5.92 Å². The van der Waals surface area contributed by atoms with Crippen LogP contribution in [0.25, 0.3) is 0 Å². The van der Waals surface area contributed by atoms with E-state index in [0.717, 1.165) is 43.0 Å². The Hall–Kier alpha value is -0.580. The average Bonchev–Trinajstić information content (AvgIpc) is 2.89. The monoisotopic (exact) mass is 327 g/mol. The van der Waals surface area contributed by atoms with Gasteiger partial charge in [0.05, 0.1) is 13.2 Å². The van der Waals surface area contributed by atoms with Gasteiger partial charge in [-0.2, -0.15) is 0 Å². The van der Waals surface area contributed by atoms with E-state index in [1.54, 1.807) is 0 Å². The summed E-state index contributed by atoms with van der Waals surface area (Å²) < 4.78 is 12.3. The molecule has 0 spiro atoms. The Bertz CT molecular complexity index is 405. The smallest absolute Gasteiger partial charge is 0.120 e. The Balaban J connectivity index is 1.93. The minimum Gasteiger partial charge on any atom is -0.493 e. The van der Waals surface area contributed by atoms with Crippen LogP contribution in [0.1, 0.15) is 31.9 Å². The summed E-state index contributed by atoms with van der Waals surface area (Å²) in [5, 5.41) is 3.41. The molecule has 2 rings (SSSR count). The van der Waals surface area contributed by atoms with Crippen LogP contribution >= 0.6 is 15.9 Å². The zero-order valence-corrected chi connectivity index (χ0v) is 13.2. The maximum atomic E-state index is 5.84. The molecule has 0 aromatic heterocycles. The van der Waals surface area contributed by atoms with E-state index in [4.69, 9.17) is 9.47 Å². The molecule has 0 amide bonds. The second kappa shape index (κ2) is 7.27. The van der Waals surface area contributed by atoms with E-state index in [9.17, 15) is 0 Å². The van der Waals surface area contributed by atoms with Crippen molar-refractivity contribution < 1.29 is 9.47 Å². The molecule has 2 atom stereocenters. The molecular weight excluding hydrogens is 306 g/mol. The van der Waals surface area contributed by atoms with Crippen LogP contribution in [0.2, 0.25) is 0 Å². The third kappa shape index (κ3) is 4.20. The SMILES string of the molecule is CCNC(C)c1ccc(OCC2CCOC2)cc1Br. The lowest BCUT2D eigenvalue weighted by atomic mass is 10.1. The van der Waals surface area contributed by atoms with Crippen LogP contribution in [0.3, 0.4) is 0 Å². The molecule has 1 aliphatic heterocycles. The van der Waals surface area contributed by atoms with Gasteiger partial charge in [-0.15, -0.1) is 0 Å². The number of hydrogen-bond donors (Lipinski definition) is 1. The van der Waals surface area contributed by atoms with E-state index in [2.05, 4.69) is 47.2 Å². The summed E-state index contributed by atoms with van der Waals surface area (Å²) in [5.41, 5.74) is 1.26. The van der Waals surface area contributed by atoms with Gasteiger partial charge in [0.25, 0.3) is 0 Å². The van der Waals surface area contributed by atoms with Gasteiger partial charge in [-0.25, -0.2) is 0 Å². The fraction of sp³-hybridized carbons (Fsp3) is 0.600. The van der Waals surface area contributed by atoms with Crippen LogP contribution in [0, 0.1) is 5.92 Å². The average molecular weight is 328 g/mol. The molecule has 0 bridgehead atoms. The van der Waals surface area contributed by atoms with E-state index in [0.29, 0.717) is 12.0 Å². The Morgan fingerprint density at radius 1 is 1.53 bits per heavy atom. The van der Waals surface area contributed by atoms with Crippen molar-refractivity contribution in [2.75, 3.05) is 26.4 Å². The number of benzene rings is 1. The molecule has 106 valence electrons. The highest BCUT2D eigenvalue weighted by molar-refractivity contribution is 9.10. The van der Waals surface area contributed by atoms with E-state index in [1.165, 1.54) is 5.56 Å². The second-order valence-corrected chi connectivity index (χ2v) is 5.86. The minimum atomic E-state index is 0.344. The first kappa shape index (κ1) is 14.8. The van der Waals surface area contributed by atoms with Gasteiger partial charge in [-0.3, -0.25) is 0 Å². The van der Waals surface area contributed by atoms with Crippen molar-refractivity contribution in [2.45, 2.75) is 26.3 Å². The molecule has 2 unspecified atom stereocenters. The molecular formula is C15H22BrNO2. The van der Waals surface area contributed by atoms with Gasteiger partial charge in [0.1, 0.15) is 5.75 Å². The van der Waals surface area contributed by atoms with Gasteiger partial charge in [-0.05, 0) is 37.6 Å². The van der Waals surface area contributed by atoms with Crippen molar-refractivity contribution in [1.29, 1.82) is 0 Å². The Kier molecular flexibility index (Phi) is 5.67. The first-order valence-corrected chi connectivity index (χ1v) is 7.73. The van der Waals surface area contributed by atoms with Gasteiger partial charge < -0.3 is 14.8 Å². The molecule has 3 nitrogen and oxygen atoms in total. The molecule has 1 aliphatic rings. The lowest BCUT2D eigenvalue weighted by molar-refractivity contribution is 0.167. The maximum Gasteiger partial charge on any atom is 0.120 e. The summed E-state index contributed by atoms with van der Waals surface area (Å²) in [6.45, 7) is 7.70. The largest absolute Gasteiger partial charge is 0.493 e. The maximum absolute atomic E-state index is 5.84. The molecule has 1 aromatic rings. The molecule has 1 heterocycles. The van der Waals surface area contributed by atoms with Gasteiger partial charge in [0, 0.05) is 23.0 Å². The molecule has 1 aromatic carbocycles. The number of hydrogen-bond acceptors (Lipinski definition) is 3. The summed E-state index contributed by atoms with van der Waals surface area (Å²) >= 11 is 3.63. The van der Waals surface area contributed by atoms with Crippen LogP contribution in [0.5, 0.6) is 5.75 Å². The van der Waals surface area contributed by atoms with Crippen molar-refractivity contribution in [3.63, 3.8) is 0 Å². The predicted octanol–water partition coefficient (Wildman–Crippen LogP) is 3.53. The van der Waals surface area contributed by atoms with Crippen molar-refractivity contribution in [3.8, 4) is 5.75 Å². The van der Waals surface area contributed by atoms with E-state index < -0.39 is 0 Å². The van der Waals surface area contributed by atoms with E-state index in [-0.39, 0.29) is 0 Å². The van der Waals surface area contributed by atoms with Crippen LogP contribution in [-0.2, 0) is 4.74 Å². The van der Waals surface area contributed by atoms with E-state index in [1.807, 2.05) is 6.07 Å². The second-order valence-electron chi connectivity index (χ2n) is 5.00. The first-order valence-electron chi connectivity index (χ1n) is 6.94. The number of halogens is 1. The number of rotatable bonds is 6. The quantitative estimate of drug-likeness (QED) is 0.866. The van der Waals surface area contributed by atoms with Crippen LogP contribution < -0.4 is 10.1 Å². The van der Waals surface area contributed by atoms with Crippen molar-refractivity contribution in [3.05, 3.63) is 28.2 Å². The summed E-state index contributed by atoms with van der Waals surface area (Å²) in [6.07, 6.45) is 1.11. The van der Waals surface area contributed by atoms with E-state index >= 15 is 0 Å². The minimum absolute atomic E-state index is 0.344. The van der Waals surface area contributed by atoms with Crippen LogP contribution in [0.4, 0.5) is 0 Å². The summed E-state index contributed by atoms with van der Waals surface area (Å²) in [7, 11) is 0. The normalized spacial score (nSPS) is 20.5. The Morgan fingerprint density at radius 3 is 3.00 bits per heavy atom. The molecule has 1 saturated heterocycles. The highest BCUT2D eigenvalue weighted by Gasteiger charge is 2.16. The van der Waals surface area contributed by atoms with Gasteiger partial charge >= 0.3 is 0 Å². The molecule has 1 N–H and O–H groups in total. The lowest BCUT2D eigenvalue weighted by Gasteiger charge is -2.16. The molecule has 19 heavy (non-hydrogen) atoms. The van der Waals surface area contributed by atoms with Crippen LogP contribution in [0.15, 0.2) is 22.7 Å². The molecule has 1 fully saturated rings. The van der Waals surface area contributed by atoms with Crippen molar-refractivity contribution >= 4 is 15.9 Å². The van der Waals surface area contributed by atoms with Gasteiger partial charge in [0.15, 0.2) is 0 Å². The number of nitrogens with one attached hydrogen (secondary N) is 1. The highest BCUT2D eigenvalue weighted by Crippen LogP contribution is 2.28.